The molecule has 0 radical (unpaired) electrons. The molecule has 0 saturated carbocycles. The summed E-state index contributed by atoms with van der Waals surface area (Å²) in [4.78, 5) is 0. The highest BCUT2D eigenvalue weighted by Gasteiger charge is 2.19. The van der Waals surface area contributed by atoms with Gasteiger partial charge in [0.05, 0.1) is 5.25 Å². The molecule has 2 aromatic heterocycles. The smallest absolute Gasteiger partial charge is 0.252 e. The van der Waals surface area contributed by atoms with Crippen LogP contribution in [0.25, 0.3) is 11.5 Å². The maximum atomic E-state index is 11.7. The molecule has 0 unspecified atom stereocenters. The average Bonchev–Trinajstić information content (AvgIpc) is 3.00. The third-order valence-corrected chi connectivity index (χ3v) is 4.29. The number of aryl methyl sites for hydroxylation is 1. The first-order chi connectivity index (χ1) is 10.6. The van der Waals surface area contributed by atoms with Crippen LogP contribution in [0.2, 0.25) is 0 Å². The fourth-order valence-corrected chi connectivity index (χ4v) is 2.83. The first kappa shape index (κ1) is 14.6. The molecule has 6 heteroatoms. The first-order valence-electron chi connectivity index (χ1n) is 6.89. The Hall–Kier alpha value is -2.34. The van der Waals surface area contributed by atoms with Gasteiger partial charge in [-0.15, -0.1) is 10.2 Å². The molecule has 0 spiro atoms. The maximum absolute atomic E-state index is 11.7. The lowest BCUT2D eigenvalue weighted by atomic mass is 10.1. The molecule has 1 aromatic carbocycles. The van der Waals surface area contributed by atoms with E-state index in [1.165, 1.54) is 23.5 Å². The van der Waals surface area contributed by atoms with Crippen molar-refractivity contribution < 1.29 is 9.15 Å². The Bertz CT molecular complexity index is 771. The Balaban J connectivity index is 1.78. The fourth-order valence-electron chi connectivity index (χ4n) is 1.95. The van der Waals surface area contributed by atoms with Gasteiger partial charge in [-0.2, -0.15) is 4.73 Å². The van der Waals surface area contributed by atoms with Crippen LogP contribution in [0.15, 0.2) is 58.1 Å². The van der Waals surface area contributed by atoms with Crippen LogP contribution in [0.4, 0.5) is 0 Å². The lowest BCUT2D eigenvalue weighted by Gasteiger charge is -2.06. The van der Waals surface area contributed by atoms with Gasteiger partial charge >= 0.3 is 0 Å². The molecule has 0 amide bonds. The number of benzene rings is 1. The molecule has 0 N–H and O–H groups in total. The average molecular weight is 313 g/mol. The Morgan fingerprint density at radius 1 is 1.14 bits per heavy atom. The highest BCUT2D eigenvalue weighted by atomic mass is 32.2. The highest BCUT2D eigenvalue weighted by molar-refractivity contribution is 7.99. The zero-order valence-corrected chi connectivity index (χ0v) is 13.1. The second-order valence-corrected chi connectivity index (χ2v) is 6.30. The maximum Gasteiger partial charge on any atom is 0.252 e. The number of nitrogens with zero attached hydrogens (tertiary/aromatic N) is 3. The van der Waals surface area contributed by atoms with Gasteiger partial charge in [0.1, 0.15) is 0 Å². The minimum atomic E-state index is -0.103. The Kier molecular flexibility index (Phi) is 4.11. The molecule has 22 heavy (non-hydrogen) atoms. The monoisotopic (exact) mass is 313 g/mol. The first-order valence-corrected chi connectivity index (χ1v) is 7.77. The summed E-state index contributed by atoms with van der Waals surface area (Å²) in [5.74, 6) is 0.995. The van der Waals surface area contributed by atoms with Gasteiger partial charge in [-0.25, -0.2) is 0 Å². The van der Waals surface area contributed by atoms with Crippen molar-refractivity contribution in [3.8, 4) is 11.5 Å². The summed E-state index contributed by atoms with van der Waals surface area (Å²) in [7, 11) is 0. The van der Waals surface area contributed by atoms with Gasteiger partial charge in [-0.1, -0.05) is 17.7 Å². The lowest BCUT2D eigenvalue weighted by molar-refractivity contribution is -0.645. The Morgan fingerprint density at radius 3 is 2.64 bits per heavy atom. The molecule has 0 bridgehead atoms. The number of aromatic nitrogens is 3. The summed E-state index contributed by atoms with van der Waals surface area (Å²) in [6.45, 7) is 3.96. The minimum absolute atomic E-state index is 0.103. The Labute approximate surface area is 132 Å². The summed E-state index contributed by atoms with van der Waals surface area (Å²) < 4.78 is 6.56. The van der Waals surface area contributed by atoms with E-state index in [4.69, 9.17) is 4.42 Å². The van der Waals surface area contributed by atoms with Gasteiger partial charge in [0.2, 0.25) is 11.8 Å². The molecule has 1 atom stereocenters. The summed E-state index contributed by atoms with van der Waals surface area (Å²) in [5.41, 5.74) is 2.07. The van der Waals surface area contributed by atoms with Crippen LogP contribution in [0.5, 0.6) is 0 Å². The van der Waals surface area contributed by atoms with Gasteiger partial charge in [0, 0.05) is 17.7 Å². The number of hydrogen-bond acceptors (Lipinski definition) is 5. The number of rotatable bonds is 4. The second-order valence-electron chi connectivity index (χ2n) is 4.94. The zero-order chi connectivity index (χ0) is 15.5. The van der Waals surface area contributed by atoms with Crippen molar-refractivity contribution in [1.82, 2.24) is 10.2 Å². The molecular formula is C16H15N3O2S. The number of pyridine rings is 1. The van der Waals surface area contributed by atoms with Crippen LogP contribution in [0.1, 0.15) is 23.6 Å². The second kappa shape index (κ2) is 6.19. The summed E-state index contributed by atoms with van der Waals surface area (Å²) in [6.07, 6.45) is 1.47. The predicted molar refractivity (Wildman–Crippen MR) is 84.1 cm³/mol. The summed E-state index contributed by atoms with van der Waals surface area (Å²) in [5, 5.41) is 20.4. The molecule has 3 rings (SSSR count). The zero-order valence-electron chi connectivity index (χ0n) is 12.3. The third-order valence-electron chi connectivity index (χ3n) is 3.17. The highest BCUT2D eigenvalue weighted by Crippen LogP contribution is 2.33. The molecule has 0 saturated heterocycles. The van der Waals surface area contributed by atoms with Crippen LogP contribution in [-0.4, -0.2) is 10.2 Å². The molecule has 0 aliphatic carbocycles. The van der Waals surface area contributed by atoms with Crippen LogP contribution >= 0.6 is 11.8 Å². The molecule has 0 aliphatic rings. The van der Waals surface area contributed by atoms with E-state index < -0.39 is 0 Å². The lowest BCUT2D eigenvalue weighted by Crippen LogP contribution is -2.27. The van der Waals surface area contributed by atoms with Gasteiger partial charge in [0.15, 0.2) is 6.20 Å². The van der Waals surface area contributed by atoms with Gasteiger partial charge in [-0.05, 0) is 43.8 Å². The molecule has 2 heterocycles. The third kappa shape index (κ3) is 3.12. The van der Waals surface area contributed by atoms with Crippen molar-refractivity contribution in [3.05, 3.63) is 65.3 Å². The quantitative estimate of drug-likeness (QED) is 0.419. The van der Waals surface area contributed by atoms with Crippen molar-refractivity contribution in [2.45, 2.75) is 24.1 Å². The molecular weight excluding hydrogens is 298 g/mol. The van der Waals surface area contributed by atoms with E-state index in [0.717, 1.165) is 10.3 Å². The van der Waals surface area contributed by atoms with Gasteiger partial charge in [0.25, 0.3) is 5.03 Å². The SMILES string of the molecule is Cc1ccc(-c2nnc([C@@H](C)Sc3cccc[n+]3[O-])o2)cc1. The minimum Gasteiger partial charge on any atom is -0.618 e. The molecule has 112 valence electrons. The van der Waals surface area contributed by atoms with E-state index in [0.29, 0.717) is 16.8 Å². The van der Waals surface area contributed by atoms with E-state index in [2.05, 4.69) is 10.2 Å². The van der Waals surface area contributed by atoms with E-state index >= 15 is 0 Å². The van der Waals surface area contributed by atoms with Gasteiger partial charge in [-0.3, -0.25) is 0 Å². The van der Waals surface area contributed by atoms with Crippen LogP contribution in [0, 0.1) is 12.1 Å². The topological polar surface area (TPSA) is 65.9 Å². The molecule has 0 aliphatic heterocycles. The summed E-state index contributed by atoms with van der Waals surface area (Å²) >= 11 is 1.39. The predicted octanol–water partition coefficient (Wildman–Crippen LogP) is 3.53. The fraction of sp³-hybridized carbons (Fsp3) is 0.188. The molecule has 3 aromatic rings. The van der Waals surface area contributed by atoms with Crippen molar-refractivity contribution >= 4 is 11.8 Å². The van der Waals surface area contributed by atoms with Crippen molar-refractivity contribution in [2.75, 3.05) is 0 Å². The molecule has 0 fully saturated rings. The van der Waals surface area contributed by atoms with E-state index in [9.17, 15) is 5.21 Å². The summed E-state index contributed by atoms with van der Waals surface area (Å²) in [6, 6.07) is 13.2. The van der Waals surface area contributed by atoms with Crippen LogP contribution < -0.4 is 4.73 Å². The van der Waals surface area contributed by atoms with Crippen LogP contribution in [0.3, 0.4) is 0 Å². The number of thioether (sulfide) groups is 1. The van der Waals surface area contributed by atoms with Crippen molar-refractivity contribution in [2.24, 2.45) is 0 Å². The largest absolute Gasteiger partial charge is 0.618 e. The van der Waals surface area contributed by atoms with E-state index in [1.54, 1.807) is 12.1 Å². The standard InChI is InChI=1S/C16H15N3O2S/c1-11-6-8-13(9-7-11)16-18-17-15(21-16)12(2)22-14-5-3-4-10-19(14)20/h3-10,12H,1-2H3/t12-/m1/s1. The van der Waals surface area contributed by atoms with Crippen LogP contribution in [-0.2, 0) is 0 Å². The van der Waals surface area contributed by atoms with Crippen molar-refractivity contribution in [1.29, 1.82) is 0 Å². The normalized spacial score (nSPS) is 12.3. The number of hydrogen-bond donors (Lipinski definition) is 0. The van der Waals surface area contributed by atoms with E-state index in [1.807, 2.05) is 44.2 Å². The van der Waals surface area contributed by atoms with Crippen molar-refractivity contribution in [3.63, 3.8) is 0 Å². The van der Waals surface area contributed by atoms with E-state index in [-0.39, 0.29) is 5.25 Å². The van der Waals surface area contributed by atoms with Gasteiger partial charge < -0.3 is 9.62 Å². The Morgan fingerprint density at radius 2 is 1.91 bits per heavy atom. The molecule has 5 nitrogen and oxygen atoms in total.